The molecule has 1 rings (SSSR count). The minimum atomic E-state index is -0.427. The molecule has 0 unspecified atom stereocenters. The van der Waals surface area contributed by atoms with Crippen LogP contribution in [0.15, 0.2) is 0 Å². The van der Waals surface area contributed by atoms with Gasteiger partial charge >= 0.3 is 6.09 Å². The monoisotopic (exact) mass is 228 g/mol. The van der Waals surface area contributed by atoms with E-state index in [1.54, 1.807) is 0 Å². The van der Waals surface area contributed by atoms with Crippen LogP contribution < -0.4 is 10.6 Å². The Bertz CT molecular complexity index is 246. The van der Waals surface area contributed by atoms with Crippen molar-refractivity contribution in [3.8, 4) is 0 Å². The SMILES string of the molecule is CC(C)[C@H]1CNC[C@@H]1NC(=O)OC(C)(C)C. The Morgan fingerprint density at radius 2 is 2.00 bits per heavy atom. The Labute approximate surface area is 98.1 Å². The van der Waals surface area contributed by atoms with Crippen LogP contribution >= 0.6 is 0 Å². The van der Waals surface area contributed by atoms with Gasteiger partial charge in [0, 0.05) is 19.1 Å². The zero-order valence-electron chi connectivity index (χ0n) is 11.0. The topological polar surface area (TPSA) is 50.4 Å². The summed E-state index contributed by atoms with van der Waals surface area (Å²) >= 11 is 0. The number of nitrogens with one attached hydrogen (secondary N) is 2. The molecule has 0 bridgehead atoms. The fourth-order valence-electron chi connectivity index (χ4n) is 2.02. The predicted octanol–water partition coefficient (Wildman–Crippen LogP) is 1.76. The molecule has 0 aromatic heterocycles. The second kappa shape index (κ2) is 5.04. The standard InChI is InChI=1S/C12H24N2O2/c1-8(2)9-6-13-7-10(9)14-11(15)16-12(3,4)5/h8-10,13H,6-7H2,1-5H3,(H,14,15)/t9-,10+/m1/s1. The van der Waals surface area contributed by atoms with Crippen molar-refractivity contribution in [2.75, 3.05) is 13.1 Å². The van der Waals surface area contributed by atoms with Crippen LogP contribution in [0.25, 0.3) is 0 Å². The molecule has 1 saturated heterocycles. The smallest absolute Gasteiger partial charge is 0.407 e. The molecule has 0 spiro atoms. The van der Waals surface area contributed by atoms with Gasteiger partial charge in [0.25, 0.3) is 0 Å². The molecule has 0 aliphatic carbocycles. The molecule has 0 saturated carbocycles. The molecule has 1 fully saturated rings. The minimum absolute atomic E-state index is 0.190. The summed E-state index contributed by atoms with van der Waals surface area (Å²) in [4.78, 5) is 11.6. The van der Waals surface area contributed by atoms with Gasteiger partial charge < -0.3 is 15.4 Å². The normalized spacial score (nSPS) is 25.9. The van der Waals surface area contributed by atoms with E-state index < -0.39 is 5.60 Å². The number of hydrogen-bond donors (Lipinski definition) is 2. The van der Waals surface area contributed by atoms with Crippen LogP contribution in [-0.2, 0) is 4.74 Å². The molecular weight excluding hydrogens is 204 g/mol. The molecule has 1 amide bonds. The Morgan fingerprint density at radius 1 is 1.38 bits per heavy atom. The average Bonchev–Trinajstić information content (AvgIpc) is 2.47. The van der Waals surface area contributed by atoms with E-state index in [0.717, 1.165) is 13.1 Å². The fraction of sp³-hybridized carbons (Fsp3) is 0.917. The van der Waals surface area contributed by atoms with Crippen LogP contribution in [0, 0.1) is 11.8 Å². The van der Waals surface area contributed by atoms with Gasteiger partial charge in [0.05, 0.1) is 0 Å². The Kier molecular flexibility index (Phi) is 4.19. The van der Waals surface area contributed by atoms with Gasteiger partial charge in [-0.25, -0.2) is 4.79 Å². The first-order valence-electron chi connectivity index (χ1n) is 6.00. The first-order chi connectivity index (χ1) is 7.29. The number of hydrogen-bond acceptors (Lipinski definition) is 3. The molecule has 0 radical (unpaired) electrons. The second-order valence-corrected chi connectivity index (χ2v) is 5.82. The number of amides is 1. The third kappa shape index (κ3) is 4.00. The van der Waals surface area contributed by atoms with E-state index in [2.05, 4.69) is 24.5 Å². The molecule has 2 atom stereocenters. The van der Waals surface area contributed by atoms with Crippen molar-refractivity contribution in [3.05, 3.63) is 0 Å². The van der Waals surface area contributed by atoms with Gasteiger partial charge in [-0.05, 0) is 32.6 Å². The van der Waals surface area contributed by atoms with Gasteiger partial charge in [-0.2, -0.15) is 0 Å². The van der Waals surface area contributed by atoms with Gasteiger partial charge in [-0.1, -0.05) is 13.8 Å². The van der Waals surface area contributed by atoms with Gasteiger partial charge in [0.1, 0.15) is 5.60 Å². The molecule has 1 aliphatic heterocycles. The largest absolute Gasteiger partial charge is 0.444 e. The molecule has 16 heavy (non-hydrogen) atoms. The highest BCUT2D eigenvalue weighted by Gasteiger charge is 2.31. The van der Waals surface area contributed by atoms with E-state index in [-0.39, 0.29) is 12.1 Å². The van der Waals surface area contributed by atoms with Crippen molar-refractivity contribution in [2.24, 2.45) is 11.8 Å². The highest BCUT2D eigenvalue weighted by atomic mass is 16.6. The van der Waals surface area contributed by atoms with Crippen molar-refractivity contribution in [3.63, 3.8) is 0 Å². The summed E-state index contributed by atoms with van der Waals surface area (Å²) in [5.74, 6) is 1.06. The van der Waals surface area contributed by atoms with Gasteiger partial charge in [0.15, 0.2) is 0 Å². The molecule has 0 aromatic rings. The third-order valence-electron chi connectivity index (χ3n) is 2.82. The van der Waals surface area contributed by atoms with Crippen LogP contribution in [0.4, 0.5) is 4.79 Å². The number of ether oxygens (including phenoxy) is 1. The van der Waals surface area contributed by atoms with Gasteiger partial charge in [-0.3, -0.25) is 0 Å². The maximum atomic E-state index is 11.6. The van der Waals surface area contributed by atoms with E-state index in [9.17, 15) is 4.79 Å². The van der Waals surface area contributed by atoms with Crippen molar-refractivity contribution in [1.29, 1.82) is 0 Å². The van der Waals surface area contributed by atoms with Crippen LogP contribution in [0.1, 0.15) is 34.6 Å². The lowest BCUT2D eigenvalue weighted by Crippen LogP contribution is -2.44. The summed E-state index contributed by atoms with van der Waals surface area (Å²) in [5, 5.41) is 6.24. The van der Waals surface area contributed by atoms with Crippen LogP contribution in [-0.4, -0.2) is 30.8 Å². The van der Waals surface area contributed by atoms with Crippen LogP contribution in [0.2, 0.25) is 0 Å². The van der Waals surface area contributed by atoms with Crippen LogP contribution in [0.5, 0.6) is 0 Å². The molecular formula is C12H24N2O2. The quantitative estimate of drug-likeness (QED) is 0.757. The lowest BCUT2D eigenvalue weighted by atomic mass is 9.91. The molecule has 2 N–H and O–H groups in total. The summed E-state index contributed by atoms with van der Waals surface area (Å²) in [7, 11) is 0. The van der Waals surface area contributed by atoms with Crippen molar-refractivity contribution in [2.45, 2.75) is 46.3 Å². The third-order valence-corrected chi connectivity index (χ3v) is 2.82. The van der Waals surface area contributed by atoms with Crippen molar-refractivity contribution < 1.29 is 9.53 Å². The maximum Gasteiger partial charge on any atom is 0.407 e. The summed E-state index contributed by atoms with van der Waals surface area (Å²) in [6.45, 7) is 11.8. The van der Waals surface area contributed by atoms with Gasteiger partial charge in [-0.15, -0.1) is 0 Å². The highest BCUT2D eigenvalue weighted by molar-refractivity contribution is 5.68. The number of rotatable bonds is 2. The van der Waals surface area contributed by atoms with E-state index in [1.165, 1.54) is 0 Å². The minimum Gasteiger partial charge on any atom is -0.444 e. The highest BCUT2D eigenvalue weighted by Crippen LogP contribution is 2.19. The van der Waals surface area contributed by atoms with Gasteiger partial charge in [0.2, 0.25) is 0 Å². The summed E-state index contributed by atoms with van der Waals surface area (Å²) in [6, 6.07) is 0.190. The number of carbonyl (C=O) groups is 1. The Morgan fingerprint density at radius 3 is 2.50 bits per heavy atom. The summed E-state index contributed by atoms with van der Waals surface area (Å²) in [6.07, 6.45) is -0.313. The average molecular weight is 228 g/mol. The van der Waals surface area contributed by atoms with E-state index in [0.29, 0.717) is 11.8 Å². The zero-order chi connectivity index (χ0) is 12.3. The van der Waals surface area contributed by atoms with Crippen LogP contribution in [0.3, 0.4) is 0 Å². The molecule has 0 aromatic carbocycles. The predicted molar refractivity (Wildman–Crippen MR) is 64.4 cm³/mol. The summed E-state index contributed by atoms with van der Waals surface area (Å²) < 4.78 is 5.25. The lowest BCUT2D eigenvalue weighted by Gasteiger charge is -2.25. The lowest BCUT2D eigenvalue weighted by molar-refractivity contribution is 0.0491. The van der Waals surface area contributed by atoms with E-state index in [4.69, 9.17) is 4.74 Å². The molecule has 4 nitrogen and oxygen atoms in total. The first kappa shape index (κ1) is 13.3. The Balaban J connectivity index is 2.44. The molecule has 1 aliphatic rings. The van der Waals surface area contributed by atoms with E-state index >= 15 is 0 Å². The first-order valence-corrected chi connectivity index (χ1v) is 6.00. The fourth-order valence-corrected chi connectivity index (χ4v) is 2.02. The zero-order valence-corrected chi connectivity index (χ0v) is 11.0. The van der Waals surface area contributed by atoms with E-state index in [1.807, 2.05) is 20.8 Å². The molecule has 1 heterocycles. The second-order valence-electron chi connectivity index (χ2n) is 5.82. The summed E-state index contributed by atoms with van der Waals surface area (Å²) in [5.41, 5.74) is -0.427. The molecule has 94 valence electrons. The number of alkyl carbamates (subject to hydrolysis) is 1. The molecule has 4 heteroatoms. The van der Waals surface area contributed by atoms with Crippen molar-refractivity contribution in [1.82, 2.24) is 10.6 Å². The number of carbonyl (C=O) groups excluding carboxylic acids is 1. The van der Waals surface area contributed by atoms with Crippen molar-refractivity contribution >= 4 is 6.09 Å². The Hall–Kier alpha value is -0.770. The maximum absolute atomic E-state index is 11.6.